The van der Waals surface area contributed by atoms with Crippen LogP contribution < -0.4 is 0 Å². The van der Waals surface area contributed by atoms with Crippen molar-refractivity contribution < 1.29 is 0 Å². The monoisotopic (exact) mass is 246 g/mol. The number of thioether (sulfide) groups is 1. The fourth-order valence-corrected chi connectivity index (χ4v) is 3.81. The molecule has 3 rings (SSSR count). The summed E-state index contributed by atoms with van der Waals surface area (Å²) in [5.74, 6) is 0. The van der Waals surface area contributed by atoms with E-state index < -0.39 is 0 Å². The van der Waals surface area contributed by atoms with Crippen LogP contribution in [0.5, 0.6) is 0 Å². The van der Waals surface area contributed by atoms with E-state index in [4.69, 9.17) is 11.6 Å². The second kappa shape index (κ2) is 3.54. The highest BCUT2D eigenvalue weighted by Gasteiger charge is 2.40. The van der Waals surface area contributed by atoms with E-state index in [1.54, 1.807) is 0 Å². The molecule has 2 aromatic rings. The minimum absolute atomic E-state index is 0.0984. The fraction of sp³-hybridized carbons (Fsp3) is 0.143. The molecule has 16 heavy (non-hydrogen) atoms. The summed E-state index contributed by atoms with van der Waals surface area (Å²) in [4.78, 5) is 1.30. The lowest BCUT2D eigenvalue weighted by molar-refractivity contribution is 0.776. The van der Waals surface area contributed by atoms with Gasteiger partial charge in [0.05, 0.1) is 4.75 Å². The molecule has 0 spiro atoms. The summed E-state index contributed by atoms with van der Waals surface area (Å²) in [6.45, 7) is 2.27. The van der Waals surface area contributed by atoms with Gasteiger partial charge in [-0.3, -0.25) is 0 Å². The van der Waals surface area contributed by atoms with E-state index in [1.807, 2.05) is 23.9 Å². The molecule has 1 aliphatic heterocycles. The van der Waals surface area contributed by atoms with Crippen molar-refractivity contribution >= 4 is 23.4 Å². The maximum atomic E-state index is 5.98. The molecule has 1 aliphatic rings. The molecule has 0 N–H and O–H groups in total. The van der Waals surface area contributed by atoms with Crippen molar-refractivity contribution in [1.29, 1.82) is 0 Å². The van der Waals surface area contributed by atoms with Crippen LogP contribution >= 0.6 is 23.4 Å². The molecule has 0 aromatic heterocycles. The Morgan fingerprint density at radius 2 is 1.81 bits per heavy atom. The first-order valence-corrected chi connectivity index (χ1v) is 6.44. The topological polar surface area (TPSA) is 0 Å². The van der Waals surface area contributed by atoms with E-state index in [0.717, 1.165) is 5.02 Å². The average Bonchev–Trinajstić information content (AvgIpc) is 2.29. The van der Waals surface area contributed by atoms with Gasteiger partial charge in [0.1, 0.15) is 0 Å². The van der Waals surface area contributed by atoms with E-state index >= 15 is 0 Å². The lowest BCUT2D eigenvalue weighted by atomic mass is 9.91. The van der Waals surface area contributed by atoms with Crippen molar-refractivity contribution in [3.8, 4) is 0 Å². The van der Waals surface area contributed by atoms with Gasteiger partial charge in [0, 0.05) is 9.92 Å². The largest absolute Gasteiger partial charge is 0.109 e. The van der Waals surface area contributed by atoms with E-state index in [0.29, 0.717) is 0 Å². The van der Waals surface area contributed by atoms with Gasteiger partial charge in [-0.1, -0.05) is 48.0 Å². The van der Waals surface area contributed by atoms with Gasteiger partial charge in [-0.25, -0.2) is 0 Å². The second-order valence-corrected chi connectivity index (χ2v) is 6.04. The number of rotatable bonds is 1. The molecule has 0 saturated carbocycles. The molecular formula is C14H11ClS. The zero-order valence-electron chi connectivity index (χ0n) is 8.91. The predicted molar refractivity (Wildman–Crippen MR) is 70.2 cm³/mol. The second-order valence-electron chi connectivity index (χ2n) is 4.14. The summed E-state index contributed by atoms with van der Waals surface area (Å²) in [5.41, 5.74) is 2.74. The van der Waals surface area contributed by atoms with Crippen LogP contribution in [0.3, 0.4) is 0 Å². The highest BCUT2D eigenvalue weighted by molar-refractivity contribution is 8.02. The summed E-state index contributed by atoms with van der Waals surface area (Å²) >= 11 is 7.86. The number of fused-ring (bicyclic) bond motifs is 1. The third-order valence-electron chi connectivity index (χ3n) is 3.10. The third kappa shape index (κ3) is 1.39. The minimum atomic E-state index is 0.0984. The average molecular weight is 247 g/mol. The molecule has 0 fully saturated rings. The van der Waals surface area contributed by atoms with Crippen LogP contribution in [0.15, 0.2) is 53.4 Å². The molecule has 1 atom stereocenters. The van der Waals surface area contributed by atoms with Crippen molar-refractivity contribution in [3.63, 3.8) is 0 Å². The molecule has 80 valence electrons. The Morgan fingerprint density at radius 3 is 2.50 bits per heavy atom. The molecule has 1 heterocycles. The predicted octanol–water partition coefficient (Wildman–Crippen LogP) is 4.71. The Bertz CT molecular complexity index is 536. The zero-order chi connectivity index (χ0) is 11.2. The van der Waals surface area contributed by atoms with Gasteiger partial charge in [0.15, 0.2) is 0 Å². The lowest BCUT2D eigenvalue weighted by Gasteiger charge is -2.40. The van der Waals surface area contributed by atoms with Crippen molar-refractivity contribution in [2.75, 3.05) is 0 Å². The lowest BCUT2D eigenvalue weighted by Crippen LogP contribution is -2.27. The van der Waals surface area contributed by atoms with Gasteiger partial charge < -0.3 is 0 Å². The SMILES string of the molecule is CC1(c2ccccc2)Sc2cc(Cl)ccc21. The first-order chi connectivity index (χ1) is 7.70. The molecule has 0 bridgehead atoms. The van der Waals surface area contributed by atoms with Crippen LogP contribution in [-0.4, -0.2) is 0 Å². The normalized spacial score (nSPS) is 22.4. The van der Waals surface area contributed by atoms with Gasteiger partial charge in [-0.05, 0) is 30.2 Å². The molecule has 2 aromatic carbocycles. The molecule has 0 saturated heterocycles. The first kappa shape index (κ1) is 10.2. The summed E-state index contributed by atoms with van der Waals surface area (Å²) < 4.78 is 0.0984. The first-order valence-electron chi connectivity index (χ1n) is 5.25. The molecular weight excluding hydrogens is 236 g/mol. The summed E-state index contributed by atoms with van der Waals surface area (Å²) in [7, 11) is 0. The van der Waals surface area contributed by atoms with Gasteiger partial charge in [-0.15, -0.1) is 11.8 Å². The van der Waals surface area contributed by atoms with E-state index in [-0.39, 0.29) is 4.75 Å². The standard InChI is InChI=1S/C14H11ClS/c1-14(10-5-3-2-4-6-10)12-8-7-11(15)9-13(12)16-14/h2-9H,1H3. The Kier molecular flexibility index (Phi) is 2.27. The van der Waals surface area contributed by atoms with E-state index in [2.05, 4.69) is 43.3 Å². The number of hydrogen-bond acceptors (Lipinski definition) is 1. The van der Waals surface area contributed by atoms with E-state index in [9.17, 15) is 0 Å². The smallest absolute Gasteiger partial charge is 0.0686 e. The van der Waals surface area contributed by atoms with Crippen LogP contribution in [0.4, 0.5) is 0 Å². The Balaban J connectivity index is 2.08. The maximum absolute atomic E-state index is 5.98. The quantitative estimate of drug-likeness (QED) is 0.702. The van der Waals surface area contributed by atoms with Crippen molar-refractivity contribution in [2.24, 2.45) is 0 Å². The van der Waals surface area contributed by atoms with Crippen molar-refractivity contribution in [1.82, 2.24) is 0 Å². The zero-order valence-corrected chi connectivity index (χ0v) is 10.5. The van der Waals surface area contributed by atoms with Gasteiger partial charge in [0.2, 0.25) is 0 Å². The third-order valence-corrected chi connectivity index (χ3v) is 4.75. The number of benzene rings is 2. The number of halogens is 1. The van der Waals surface area contributed by atoms with Crippen LogP contribution in [0, 0.1) is 0 Å². The van der Waals surface area contributed by atoms with Crippen LogP contribution in [0.2, 0.25) is 5.02 Å². The Hall–Kier alpha value is -0.920. The van der Waals surface area contributed by atoms with Crippen LogP contribution in [0.25, 0.3) is 0 Å². The molecule has 0 aliphatic carbocycles. The van der Waals surface area contributed by atoms with E-state index in [1.165, 1.54) is 16.0 Å². The van der Waals surface area contributed by atoms with Gasteiger partial charge >= 0.3 is 0 Å². The summed E-state index contributed by atoms with van der Waals surface area (Å²) in [5, 5.41) is 0.821. The van der Waals surface area contributed by atoms with Crippen LogP contribution in [-0.2, 0) is 4.75 Å². The Labute approximate surface area is 105 Å². The van der Waals surface area contributed by atoms with Crippen molar-refractivity contribution in [3.05, 3.63) is 64.7 Å². The highest BCUT2D eigenvalue weighted by Crippen LogP contribution is 2.58. The molecule has 0 nitrogen and oxygen atoms in total. The molecule has 2 heteroatoms. The molecule has 0 radical (unpaired) electrons. The molecule has 0 amide bonds. The van der Waals surface area contributed by atoms with Gasteiger partial charge in [0.25, 0.3) is 0 Å². The highest BCUT2D eigenvalue weighted by atomic mass is 35.5. The van der Waals surface area contributed by atoms with Gasteiger partial charge in [-0.2, -0.15) is 0 Å². The number of hydrogen-bond donors (Lipinski definition) is 0. The maximum Gasteiger partial charge on any atom is 0.0686 e. The summed E-state index contributed by atoms with van der Waals surface area (Å²) in [6.07, 6.45) is 0. The minimum Gasteiger partial charge on any atom is -0.109 e. The van der Waals surface area contributed by atoms with Crippen molar-refractivity contribution in [2.45, 2.75) is 16.6 Å². The fourth-order valence-electron chi connectivity index (χ4n) is 2.17. The van der Waals surface area contributed by atoms with Crippen LogP contribution in [0.1, 0.15) is 18.1 Å². The molecule has 1 unspecified atom stereocenters. The Morgan fingerprint density at radius 1 is 1.06 bits per heavy atom. The summed E-state index contributed by atoms with van der Waals surface area (Å²) in [6, 6.07) is 16.8.